The van der Waals surface area contributed by atoms with Gasteiger partial charge >= 0.3 is 0 Å². The van der Waals surface area contributed by atoms with Gasteiger partial charge in [0.25, 0.3) is 0 Å². The fraction of sp³-hybridized carbons (Fsp3) is 0. The molecule has 0 amide bonds. The molecule has 256 valence electrons. The number of aromatic nitrogens is 3. The van der Waals surface area contributed by atoms with Crippen LogP contribution in [0.3, 0.4) is 0 Å². The van der Waals surface area contributed by atoms with Gasteiger partial charge in [-0.2, -0.15) is 0 Å². The van der Waals surface area contributed by atoms with E-state index in [1.165, 1.54) is 15.5 Å². The highest BCUT2D eigenvalue weighted by Gasteiger charge is 2.15. The van der Waals surface area contributed by atoms with Crippen molar-refractivity contribution in [1.82, 2.24) is 15.0 Å². The minimum absolute atomic E-state index is 0.174. The van der Waals surface area contributed by atoms with Gasteiger partial charge in [-0.25, -0.2) is 15.0 Å². The number of fused-ring (bicyclic) bond motifs is 9. The third kappa shape index (κ3) is 5.46. The molecule has 0 N–H and O–H groups in total. The molecule has 0 aliphatic heterocycles. The van der Waals surface area contributed by atoms with Crippen molar-refractivity contribution in [3.63, 3.8) is 0 Å². The predicted octanol–water partition coefficient (Wildman–Crippen LogP) is 14.0. The first-order chi connectivity index (χ1) is 33.5. The molecule has 4 heteroatoms. The largest absolute Gasteiger partial charge is 0.208 e. The van der Waals surface area contributed by atoms with Crippen LogP contribution in [0.4, 0.5) is 0 Å². The highest BCUT2D eigenvalue weighted by Crippen LogP contribution is 2.39. The number of benzene rings is 9. The summed E-state index contributed by atoms with van der Waals surface area (Å²) in [4.78, 5) is 14.2. The molecule has 0 radical (unpaired) electrons. The SMILES string of the molecule is [2H]c1c([2H])c(-c2c([2H])c([2H])c3c4c([2H])c([2H])c([2H])c([2H])c4c4c([2H])c([2H])c([2H])c([2H])c4c3c2[2H])c([2H])c([2H])c1-c1nc(-c2ccccc2)nc(-c2ccc(-c3ccc4c(c3)sc3ccccc34)cc2)n1. The van der Waals surface area contributed by atoms with E-state index < -0.39 is 107 Å². The second kappa shape index (κ2) is 12.8. The van der Waals surface area contributed by atoms with Crippen molar-refractivity contribution in [2.24, 2.45) is 0 Å². The highest BCUT2D eigenvalue weighted by atomic mass is 32.1. The van der Waals surface area contributed by atoms with Crippen LogP contribution in [0.5, 0.6) is 0 Å². The topological polar surface area (TPSA) is 38.7 Å². The molecule has 0 atom stereocenters. The smallest absolute Gasteiger partial charge is 0.164 e. The first-order valence-corrected chi connectivity index (χ1v) is 18.1. The van der Waals surface area contributed by atoms with Crippen LogP contribution in [-0.2, 0) is 0 Å². The summed E-state index contributed by atoms with van der Waals surface area (Å²) in [5.74, 6) is 0.150. The maximum Gasteiger partial charge on any atom is 0.164 e. The van der Waals surface area contributed by atoms with Crippen LogP contribution in [0.25, 0.3) is 109 Å². The molecule has 0 saturated carbocycles. The fourth-order valence-corrected chi connectivity index (χ4v) is 8.03. The first kappa shape index (κ1) is 19.9. The number of hydrogen-bond donors (Lipinski definition) is 0. The minimum atomic E-state index is -0.777. The zero-order valence-corrected chi connectivity index (χ0v) is 29.3. The standard InChI is InChI=1S/C51H31N3S/c1-2-10-34(11-3-1)49-52-50(54-51(53-49)36-24-20-33(21-25-36)38-27-29-45-44-16-8-9-17-47(44)55-48(45)31-38)35-22-18-32(19-23-35)37-26-28-43-41-14-5-4-12-39(41)40-13-6-7-15-42(40)46(43)30-37/h1-31H/i4D,5D,6D,7D,12D,13D,14D,15D,18D,19D,22D,23D,26D,28D,30D. The summed E-state index contributed by atoms with van der Waals surface area (Å²) in [5.41, 5.74) is 1.64. The molecule has 0 saturated heterocycles. The minimum Gasteiger partial charge on any atom is -0.208 e. The van der Waals surface area contributed by atoms with Crippen molar-refractivity contribution in [3.8, 4) is 56.4 Å². The Morgan fingerprint density at radius 1 is 0.327 bits per heavy atom. The summed E-state index contributed by atoms with van der Waals surface area (Å²) in [5, 5.41) is 0.201. The molecule has 0 aliphatic rings. The summed E-state index contributed by atoms with van der Waals surface area (Å²) < 4.78 is 138. The van der Waals surface area contributed by atoms with Crippen molar-refractivity contribution in [1.29, 1.82) is 0 Å². The van der Waals surface area contributed by atoms with Gasteiger partial charge in [0.05, 0.1) is 20.6 Å². The predicted molar refractivity (Wildman–Crippen MR) is 232 cm³/mol. The Balaban J connectivity index is 1.11. The van der Waals surface area contributed by atoms with Gasteiger partial charge in [-0.1, -0.05) is 170 Å². The van der Waals surface area contributed by atoms with Gasteiger partial charge in [0.1, 0.15) is 0 Å². The van der Waals surface area contributed by atoms with Crippen molar-refractivity contribution in [3.05, 3.63) is 188 Å². The van der Waals surface area contributed by atoms with E-state index in [1.54, 1.807) is 35.6 Å². The lowest BCUT2D eigenvalue weighted by molar-refractivity contribution is 1.07. The second-order valence-electron chi connectivity index (χ2n) is 12.8. The van der Waals surface area contributed by atoms with E-state index in [0.29, 0.717) is 11.1 Å². The molecule has 0 spiro atoms. The van der Waals surface area contributed by atoms with Crippen molar-refractivity contribution in [2.45, 2.75) is 0 Å². The van der Waals surface area contributed by atoms with Gasteiger partial charge < -0.3 is 0 Å². The van der Waals surface area contributed by atoms with Crippen LogP contribution in [0.1, 0.15) is 20.6 Å². The lowest BCUT2D eigenvalue weighted by atomic mass is 9.92. The maximum atomic E-state index is 9.64. The zero-order valence-electron chi connectivity index (χ0n) is 43.5. The van der Waals surface area contributed by atoms with Crippen LogP contribution < -0.4 is 0 Å². The zero-order chi connectivity index (χ0) is 49.3. The van der Waals surface area contributed by atoms with E-state index in [4.69, 9.17) is 20.9 Å². The Hall–Kier alpha value is -7.01. The van der Waals surface area contributed by atoms with Gasteiger partial charge in [-0.3, -0.25) is 0 Å². The lowest BCUT2D eigenvalue weighted by Gasteiger charge is -2.12. The summed E-state index contributed by atoms with van der Waals surface area (Å²) in [7, 11) is 0. The molecule has 11 aromatic rings. The highest BCUT2D eigenvalue weighted by molar-refractivity contribution is 7.25. The normalized spacial score (nSPS) is 15.5. The lowest BCUT2D eigenvalue weighted by Crippen LogP contribution is -2.00. The van der Waals surface area contributed by atoms with Crippen molar-refractivity contribution < 1.29 is 20.6 Å². The van der Waals surface area contributed by atoms with Crippen LogP contribution in [0.2, 0.25) is 0 Å². The Labute approximate surface area is 342 Å². The summed E-state index contributed by atoms with van der Waals surface area (Å²) in [6, 6.07) is 20.6. The molecular weight excluding hydrogens is 687 g/mol. The molecular formula is C51H31N3S. The van der Waals surface area contributed by atoms with Gasteiger partial charge in [-0.05, 0) is 72.7 Å². The third-order valence-electron chi connectivity index (χ3n) is 9.56. The van der Waals surface area contributed by atoms with E-state index >= 15 is 0 Å². The third-order valence-corrected chi connectivity index (χ3v) is 10.7. The van der Waals surface area contributed by atoms with E-state index in [-0.39, 0.29) is 50.0 Å². The van der Waals surface area contributed by atoms with Crippen molar-refractivity contribution in [2.75, 3.05) is 0 Å². The number of nitrogens with zero attached hydrogens (tertiary/aromatic N) is 3. The maximum absolute atomic E-state index is 9.64. The molecule has 3 nitrogen and oxygen atoms in total. The molecule has 0 unspecified atom stereocenters. The molecule has 9 aromatic carbocycles. The van der Waals surface area contributed by atoms with Gasteiger partial charge in [0.2, 0.25) is 0 Å². The van der Waals surface area contributed by atoms with Crippen LogP contribution >= 0.6 is 11.3 Å². The molecule has 11 rings (SSSR count). The monoisotopic (exact) mass is 732 g/mol. The van der Waals surface area contributed by atoms with Crippen LogP contribution in [0.15, 0.2) is 188 Å². The van der Waals surface area contributed by atoms with E-state index in [1.807, 2.05) is 42.5 Å². The van der Waals surface area contributed by atoms with E-state index in [2.05, 4.69) is 35.3 Å². The summed E-state index contributed by atoms with van der Waals surface area (Å²) in [6.45, 7) is 0. The Morgan fingerprint density at radius 2 is 0.818 bits per heavy atom. The molecule has 55 heavy (non-hydrogen) atoms. The molecule has 2 heterocycles. The number of rotatable bonds is 5. The quantitative estimate of drug-likeness (QED) is 0.165. The molecule has 0 bridgehead atoms. The van der Waals surface area contributed by atoms with Crippen molar-refractivity contribution >= 4 is 63.8 Å². The van der Waals surface area contributed by atoms with E-state index in [0.717, 1.165) is 15.8 Å². The summed E-state index contributed by atoms with van der Waals surface area (Å²) in [6.07, 6.45) is 0. The number of hydrogen-bond acceptors (Lipinski definition) is 4. The number of thiophene rings is 1. The first-order valence-electron chi connectivity index (χ1n) is 24.8. The second-order valence-corrected chi connectivity index (χ2v) is 13.9. The molecule has 0 aliphatic carbocycles. The Kier molecular flexibility index (Phi) is 4.64. The molecule has 2 aromatic heterocycles. The average Bonchev–Trinajstić information content (AvgIpc) is 3.75. The van der Waals surface area contributed by atoms with Gasteiger partial charge in [0, 0.05) is 36.9 Å². The van der Waals surface area contributed by atoms with Gasteiger partial charge in [0.15, 0.2) is 17.5 Å². The fourth-order valence-electron chi connectivity index (χ4n) is 6.88. The molecule has 0 fully saturated rings. The van der Waals surface area contributed by atoms with Crippen LogP contribution in [0, 0.1) is 0 Å². The van der Waals surface area contributed by atoms with Gasteiger partial charge in [-0.15, -0.1) is 11.3 Å². The van der Waals surface area contributed by atoms with E-state index in [9.17, 15) is 9.60 Å². The summed E-state index contributed by atoms with van der Waals surface area (Å²) >= 11 is 1.72. The Morgan fingerprint density at radius 3 is 1.51 bits per heavy atom. The van der Waals surface area contributed by atoms with Crippen LogP contribution in [-0.4, -0.2) is 15.0 Å². The average molecular weight is 733 g/mol. The Bertz CT molecular complexity index is 4050.